The molecule has 0 spiro atoms. The maximum Gasteiger partial charge on any atom is 0.268 e. The molecule has 0 radical (unpaired) electrons. The van der Waals surface area contributed by atoms with E-state index in [0.717, 1.165) is 6.26 Å². The first kappa shape index (κ1) is 15.6. The van der Waals surface area contributed by atoms with Crippen molar-refractivity contribution >= 4 is 31.9 Å². The van der Waals surface area contributed by atoms with Crippen molar-refractivity contribution in [2.45, 2.75) is 11.8 Å². The van der Waals surface area contributed by atoms with E-state index in [9.17, 15) is 13.2 Å². The second-order valence-corrected chi connectivity index (χ2v) is 6.54. The Bertz CT molecular complexity index is 740. The van der Waals surface area contributed by atoms with Gasteiger partial charge >= 0.3 is 0 Å². The van der Waals surface area contributed by atoms with E-state index >= 15 is 0 Å². The van der Waals surface area contributed by atoms with Gasteiger partial charge in [0.1, 0.15) is 16.9 Å². The molecule has 0 saturated carbocycles. The number of rotatable bonds is 5. The molecule has 1 amide bonds. The highest BCUT2D eigenvalue weighted by atomic mass is 79.9. The van der Waals surface area contributed by atoms with Crippen LogP contribution in [0.15, 0.2) is 50.6 Å². The predicted octanol–water partition coefficient (Wildman–Crippen LogP) is 2.56. The summed E-state index contributed by atoms with van der Waals surface area (Å²) in [5.41, 5.74) is 0.117. The van der Waals surface area contributed by atoms with Gasteiger partial charge in [-0.15, -0.1) is 0 Å². The molecule has 0 atom stereocenters. The molecule has 2 aromatic rings. The van der Waals surface area contributed by atoms with Gasteiger partial charge in [-0.05, 0) is 31.2 Å². The van der Waals surface area contributed by atoms with Crippen LogP contribution < -0.4 is 9.46 Å². The first-order chi connectivity index (χ1) is 9.94. The van der Waals surface area contributed by atoms with Crippen LogP contribution in [0.4, 0.5) is 0 Å². The Morgan fingerprint density at radius 2 is 2.14 bits per heavy atom. The molecule has 0 fully saturated rings. The number of nitrogens with one attached hydrogen (secondary N) is 1. The quantitative estimate of drug-likeness (QED) is 0.870. The number of halogens is 1. The zero-order valence-corrected chi connectivity index (χ0v) is 13.4. The average molecular weight is 374 g/mol. The van der Waals surface area contributed by atoms with Crippen molar-refractivity contribution in [3.8, 4) is 5.75 Å². The molecular formula is C13H12BrNO5S. The molecule has 2 rings (SSSR count). The third-order valence-corrected chi connectivity index (χ3v) is 4.35. The molecule has 0 aliphatic carbocycles. The van der Waals surface area contributed by atoms with Gasteiger partial charge in [0.25, 0.3) is 15.9 Å². The predicted molar refractivity (Wildman–Crippen MR) is 78.7 cm³/mol. The molecule has 1 heterocycles. The van der Waals surface area contributed by atoms with E-state index in [1.807, 2.05) is 4.72 Å². The Labute approximate surface area is 130 Å². The highest BCUT2D eigenvalue weighted by molar-refractivity contribution is 9.10. The van der Waals surface area contributed by atoms with E-state index in [1.54, 1.807) is 13.0 Å². The molecule has 112 valence electrons. The van der Waals surface area contributed by atoms with E-state index in [-0.39, 0.29) is 16.2 Å². The first-order valence-electron chi connectivity index (χ1n) is 5.95. The molecule has 0 aliphatic rings. The van der Waals surface area contributed by atoms with Crippen LogP contribution in [-0.2, 0) is 10.0 Å². The lowest BCUT2D eigenvalue weighted by Crippen LogP contribution is -2.30. The van der Waals surface area contributed by atoms with Gasteiger partial charge in [-0.25, -0.2) is 13.1 Å². The lowest BCUT2D eigenvalue weighted by molar-refractivity contribution is 0.0981. The fourth-order valence-corrected chi connectivity index (χ4v) is 3.25. The van der Waals surface area contributed by atoms with Gasteiger partial charge in [0.05, 0.1) is 18.4 Å². The lowest BCUT2D eigenvalue weighted by Gasteiger charge is -2.11. The monoisotopic (exact) mass is 373 g/mol. The first-order valence-corrected chi connectivity index (χ1v) is 8.23. The van der Waals surface area contributed by atoms with Gasteiger partial charge in [-0.2, -0.15) is 0 Å². The van der Waals surface area contributed by atoms with Crippen LogP contribution in [0.1, 0.15) is 17.3 Å². The number of amides is 1. The van der Waals surface area contributed by atoms with Crippen LogP contribution in [0.25, 0.3) is 0 Å². The summed E-state index contributed by atoms with van der Waals surface area (Å²) in [5, 5.41) is 0. The molecule has 1 N–H and O–H groups in total. The van der Waals surface area contributed by atoms with Gasteiger partial charge in [-0.3, -0.25) is 4.79 Å². The van der Waals surface area contributed by atoms with Crippen LogP contribution in [0, 0.1) is 0 Å². The number of carbonyl (C=O) groups is 1. The zero-order valence-electron chi connectivity index (χ0n) is 11.0. The Morgan fingerprint density at radius 3 is 2.76 bits per heavy atom. The summed E-state index contributed by atoms with van der Waals surface area (Å²) in [6.07, 6.45) is 2.45. The number of benzene rings is 1. The SMILES string of the molecule is CCOc1ccc(Br)cc1S(=O)(=O)NC(=O)c1ccoc1. The molecule has 0 bridgehead atoms. The second kappa shape index (κ2) is 6.31. The summed E-state index contributed by atoms with van der Waals surface area (Å²) in [5.74, 6) is -0.598. The molecule has 8 heteroatoms. The average Bonchev–Trinajstić information content (AvgIpc) is 2.94. The van der Waals surface area contributed by atoms with Crippen LogP contribution in [0.2, 0.25) is 0 Å². The second-order valence-electron chi connectivity index (χ2n) is 3.97. The van der Waals surface area contributed by atoms with Crippen molar-refractivity contribution in [1.29, 1.82) is 0 Å². The minimum absolute atomic E-state index is 0.115. The minimum Gasteiger partial charge on any atom is -0.492 e. The number of sulfonamides is 1. The van der Waals surface area contributed by atoms with Gasteiger partial charge in [0.2, 0.25) is 0 Å². The fraction of sp³-hybridized carbons (Fsp3) is 0.154. The van der Waals surface area contributed by atoms with Crippen LogP contribution in [0.5, 0.6) is 5.75 Å². The molecular weight excluding hydrogens is 362 g/mol. The number of hydrogen-bond donors (Lipinski definition) is 1. The number of hydrogen-bond acceptors (Lipinski definition) is 5. The molecule has 0 unspecified atom stereocenters. The lowest BCUT2D eigenvalue weighted by atomic mass is 10.3. The summed E-state index contributed by atoms with van der Waals surface area (Å²) in [6.45, 7) is 2.04. The Hall–Kier alpha value is -1.80. The highest BCUT2D eigenvalue weighted by Gasteiger charge is 2.23. The third kappa shape index (κ3) is 3.64. The molecule has 6 nitrogen and oxygen atoms in total. The minimum atomic E-state index is -4.06. The van der Waals surface area contributed by atoms with Crippen molar-refractivity contribution < 1.29 is 22.4 Å². The molecule has 0 aliphatic heterocycles. The smallest absolute Gasteiger partial charge is 0.268 e. The van der Waals surface area contributed by atoms with Crippen molar-refractivity contribution in [2.24, 2.45) is 0 Å². The van der Waals surface area contributed by atoms with Crippen molar-refractivity contribution in [2.75, 3.05) is 6.61 Å². The van der Waals surface area contributed by atoms with Gasteiger partial charge in [0.15, 0.2) is 0 Å². The van der Waals surface area contributed by atoms with E-state index in [1.165, 1.54) is 24.5 Å². The van der Waals surface area contributed by atoms with Crippen molar-refractivity contribution in [3.63, 3.8) is 0 Å². The number of carbonyl (C=O) groups excluding carboxylic acids is 1. The Balaban J connectivity index is 2.35. The van der Waals surface area contributed by atoms with Crippen molar-refractivity contribution in [1.82, 2.24) is 4.72 Å². The Morgan fingerprint density at radius 1 is 1.38 bits per heavy atom. The van der Waals surface area contributed by atoms with Gasteiger partial charge in [0, 0.05) is 4.47 Å². The summed E-state index contributed by atoms with van der Waals surface area (Å²) in [7, 11) is -4.06. The van der Waals surface area contributed by atoms with Crippen LogP contribution in [0.3, 0.4) is 0 Å². The van der Waals surface area contributed by atoms with Gasteiger partial charge in [-0.1, -0.05) is 15.9 Å². The fourth-order valence-electron chi connectivity index (χ4n) is 1.60. The third-order valence-electron chi connectivity index (χ3n) is 2.51. The van der Waals surface area contributed by atoms with E-state index in [2.05, 4.69) is 15.9 Å². The van der Waals surface area contributed by atoms with E-state index in [4.69, 9.17) is 9.15 Å². The normalized spacial score (nSPS) is 11.1. The van der Waals surface area contributed by atoms with Crippen LogP contribution in [-0.4, -0.2) is 20.9 Å². The van der Waals surface area contributed by atoms with Crippen molar-refractivity contribution in [3.05, 3.63) is 46.8 Å². The topological polar surface area (TPSA) is 85.6 Å². The van der Waals surface area contributed by atoms with E-state index < -0.39 is 15.9 Å². The zero-order chi connectivity index (χ0) is 15.5. The number of furan rings is 1. The molecule has 21 heavy (non-hydrogen) atoms. The summed E-state index contributed by atoms with van der Waals surface area (Å²) >= 11 is 3.20. The number of ether oxygens (including phenoxy) is 1. The van der Waals surface area contributed by atoms with Crippen LogP contribution >= 0.6 is 15.9 Å². The maximum atomic E-state index is 12.3. The maximum absolute atomic E-state index is 12.3. The summed E-state index contributed by atoms with van der Waals surface area (Å²) < 4.78 is 37.2. The molecule has 0 saturated heterocycles. The summed E-state index contributed by atoms with van der Waals surface area (Å²) in [6, 6.07) is 5.91. The highest BCUT2D eigenvalue weighted by Crippen LogP contribution is 2.27. The standard InChI is InChI=1S/C13H12BrNO5S/c1-2-20-11-4-3-10(14)7-12(11)21(17,18)15-13(16)9-5-6-19-8-9/h3-8H,2H2,1H3,(H,15,16). The summed E-state index contributed by atoms with van der Waals surface area (Å²) in [4.78, 5) is 11.7. The molecule has 1 aromatic heterocycles. The largest absolute Gasteiger partial charge is 0.492 e. The Kier molecular flexibility index (Phi) is 4.69. The van der Waals surface area contributed by atoms with E-state index in [0.29, 0.717) is 11.1 Å². The molecule has 1 aromatic carbocycles. The van der Waals surface area contributed by atoms with Gasteiger partial charge < -0.3 is 9.15 Å².